The zero-order chi connectivity index (χ0) is 14.8. The fraction of sp³-hybridized carbons (Fsp3) is 0.688. The van der Waals surface area contributed by atoms with Crippen LogP contribution in [0.4, 0.5) is 0 Å². The average molecular weight is 292 g/mol. The number of hydrogen-bond acceptors (Lipinski definition) is 4. The van der Waals surface area contributed by atoms with E-state index in [0.29, 0.717) is 12.1 Å². The zero-order valence-corrected chi connectivity index (χ0v) is 12.5. The van der Waals surface area contributed by atoms with Gasteiger partial charge in [0.25, 0.3) is 0 Å². The van der Waals surface area contributed by atoms with E-state index in [0.717, 1.165) is 37.6 Å². The smallest absolute Gasteiger partial charge is 0.317 e. The summed E-state index contributed by atoms with van der Waals surface area (Å²) >= 11 is 0. The fourth-order valence-electron chi connectivity index (χ4n) is 3.02. The minimum absolute atomic E-state index is 0.186. The Bertz CT molecular complexity index is 489. The first kappa shape index (κ1) is 14.6. The Labute approximate surface area is 125 Å². The van der Waals surface area contributed by atoms with Crippen LogP contribution in [0.2, 0.25) is 0 Å². The van der Waals surface area contributed by atoms with Gasteiger partial charge in [-0.3, -0.25) is 9.69 Å². The Kier molecular flexibility index (Phi) is 4.31. The van der Waals surface area contributed by atoms with Crippen molar-refractivity contribution >= 4 is 5.97 Å². The van der Waals surface area contributed by atoms with E-state index in [-0.39, 0.29) is 6.54 Å². The molecule has 21 heavy (non-hydrogen) atoms. The molecule has 1 heterocycles. The normalized spacial score (nSPS) is 25.0. The molecule has 0 amide bonds. The van der Waals surface area contributed by atoms with Crippen LogP contribution in [0.25, 0.3) is 0 Å². The summed E-state index contributed by atoms with van der Waals surface area (Å²) in [6.45, 7) is 3.96. The second kappa shape index (κ2) is 6.20. The van der Waals surface area contributed by atoms with Crippen LogP contribution in [0.5, 0.6) is 0 Å². The van der Waals surface area contributed by atoms with E-state index in [1.165, 1.54) is 18.4 Å². The van der Waals surface area contributed by atoms with Gasteiger partial charge in [-0.2, -0.15) is 0 Å². The van der Waals surface area contributed by atoms with Crippen LogP contribution >= 0.6 is 0 Å². The van der Waals surface area contributed by atoms with Crippen LogP contribution in [0.15, 0.2) is 16.7 Å². The van der Waals surface area contributed by atoms with Crippen molar-refractivity contribution in [1.29, 1.82) is 0 Å². The highest BCUT2D eigenvalue weighted by Crippen LogP contribution is 2.33. The largest absolute Gasteiger partial charge is 0.480 e. The van der Waals surface area contributed by atoms with Crippen molar-refractivity contribution in [1.82, 2.24) is 10.2 Å². The van der Waals surface area contributed by atoms with Crippen LogP contribution in [-0.4, -0.2) is 41.1 Å². The first-order valence-corrected chi connectivity index (χ1v) is 7.84. The number of carboxylic acids is 1. The van der Waals surface area contributed by atoms with Gasteiger partial charge in [-0.25, -0.2) is 0 Å². The van der Waals surface area contributed by atoms with Gasteiger partial charge in [-0.15, -0.1) is 0 Å². The van der Waals surface area contributed by atoms with Gasteiger partial charge in [0.2, 0.25) is 0 Å². The van der Waals surface area contributed by atoms with Gasteiger partial charge in [0.1, 0.15) is 5.76 Å². The van der Waals surface area contributed by atoms with Crippen LogP contribution in [0.3, 0.4) is 0 Å². The molecule has 0 radical (unpaired) electrons. The third-order valence-corrected chi connectivity index (χ3v) is 4.68. The van der Waals surface area contributed by atoms with Crippen molar-refractivity contribution in [2.24, 2.45) is 5.92 Å². The Balaban J connectivity index is 1.42. The maximum Gasteiger partial charge on any atom is 0.317 e. The number of nitrogens with one attached hydrogen (secondary N) is 1. The topological polar surface area (TPSA) is 65.7 Å². The number of hydrogen-bond donors (Lipinski definition) is 2. The Hall–Kier alpha value is -1.33. The SMILES string of the molecule is Cc1ccoc1CNC1CC(N(CC(=O)O)CC2CC2)C1. The quantitative estimate of drug-likeness (QED) is 0.767. The minimum Gasteiger partial charge on any atom is -0.480 e. The summed E-state index contributed by atoms with van der Waals surface area (Å²) < 4.78 is 5.42. The first-order valence-electron chi connectivity index (χ1n) is 7.84. The number of furan rings is 1. The summed E-state index contributed by atoms with van der Waals surface area (Å²) in [5.41, 5.74) is 1.18. The van der Waals surface area contributed by atoms with E-state index in [4.69, 9.17) is 9.52 Å². The lowest BCUT2D eigenvalue weighted by Gasteiger charge is -2.43. The molecular formula is C16H24N2O3. The fourth-order valence-corrected chi connectivity index (χ4v) is 3.02. The standard InChI is InChI=1S/C16H24N2O3/c1-11-4-5-21-15(11)8-17-13-6-14(7-13)18(10-16(19)20)9-12-2-3-12/h4-5,12-14,17H,2-3,6-10H2,1H3,(H,19,20). The molecule has 0 saturated heterocycles. The lowest BCUT2D eigenvalue weighted by molar-refractivity contribution is -0.139. The van der Waals surface area contributed by atoms with Crippen molar-refractivity contribution in [3.05, 3.63) is 23.7 Å². The summed E-state index contributed by atoms with van der Waals surface area (Å²) in [5.74, 6) is 1.03. The molecule has 0 bridgehead atoms. The van der Waals surface area contributed by atoms with Crippen LogP contribution in [0, 0.1) is 12.8 Å². The predicted molar refractivity (Wildman–Crippen MR) is 79.0 cm³/mol. The summed E-state index contributed by atoms with van der Waals surface area (Å²) in [6.07, 6.45) is 6.34. The van der Waals surface area contributed by atoms with E-state index in [2.05, 4.69) is 10.2 Å². The Morgan fingerprint density at radius 1 is 1.48 bits per heavy atom. The lowest BCUT2D eigenvalue weighted by Crippen LogP contribution is -2.54. The molecule has 5 heteroatoms. The monoisotopic (exact) mass is 292 g/mol. The number of rotatable bonds is 8. The van der Waals surface area contributed by atoms with E-state index >= 15 is 0 Å². The molecule has 2 saturated carbocycles. The van der Waals surface area contributed by atoms with Gasteiger partial charge < -0.3 is 14.8 Å². The molecule has 5 nitrogen and oxygen atoms in total. The van der Waals surface area contributed by atoms with Crippen LogP contribution in [-0.2, 0) is 11.3 Å². The number of aryl methyl sites for hydroxylation is 1. The molecule has 1 aromatic rings. The minimum atomic E-state index is -0.710. The first-order chi connectivity index (χ1) is 10.1. The maximum atomic E-state index is 11.0. The molecule has 116 valence electrons. The summed E-state index contributed by atoms with van der Waals surface area (Å²) in [4.78, 5) is 13.1. The van der Waals surface area contributed by atoms with Crippen molar-refractivity contribution in [2.75, 3.05) is 13.1 Å². The van der Waals surface area contributed by atoms with E-state index in [1.54, 1.807) is 6.26 Å². The van der Waals surface area contributed by atoms with Crippen molar-refractivity contribution in [3.8, 4) is 0 Å². The van der Waals surface area contributed by atoms with Crippen LogP contribution in [0.1, 0.15) is 37.0 Å². The number of aliphatic carboxylic acids is 1. The zero-order valence-electron chi connectivity index (χ0n) is 12.5. The molecule has 0 aromatic carbocycles. The van der Waals surface area contributed by atoms with E-state index in [9.17, 15) is 4.79 Å². The molecule has 3 rings (SSSR count). The molecule has 0 unspecified atom stereocenters. The summed E-state index contributed by atoms with van der Waals surface area (Å²) in [6, 6.07) is 2.89. The number of carboxylic acid groups (broad SMARTS) is 1. The lowest BCUT2D eigenvalue weighted by atomic mass is 9.85. The molecule has 0 atom stereocenters. The highest BCUT2D eigenvalue weighted by Gasteiger charge is 2.36. The average Bonchev–Trinajstić information content (AvgIpc) is 3.09. The number of carbonyl (C=O) groups is 1. The molecule has 2 fully saturated rings. The third-order valence-electron chi connectivity index (χ3n) is 4.68. The Morgan fingerprint density at radius 2 is 2.24 bits per heavy atom. The third kappa shape index (κ3) is 3.86. The molecule has 2 aliphatic carbocycles. The summed E-state index contributed by atoms with van der Waals surface area (Å²) in [7, 11) is 0. The summed E-state index contributed by atoms with van der Waals surface area (Å²) in [5, 5.41) is 12.5. The predicted octanol–water partition coefficient (Wildman–Crippen LogP) is 2.01. The van der Waals surface area contributed by atoms with Crippen molar-refractivity contribution < 1.29 is 14.3 Å². The van der Waals surface area contributed by atoms with Gasteiger partial charge in [-0.05, 0) is 50.2 Å². The number of nitrogens with zero attached hydrogens (tertiary/aromatic N) is 1. The van der Waals surface area contributed by atoms with Gasteiger partial charge in [0.15, 0.2) is 0 Å². The molecule has 0 aliphatic heterocycles. The Morgan fingerprint density at radius 3 is 2.81 bits per heavy atom. The van der Waals surface area contributed by atoms with Gasteiger partial charge in [-0.1, -0.05) is 0 Å². The van der Waals surface area contributed by atoms with E-state index < -0.39 is 5.97 Å². The molecule has 2 N–H and O–H groups in total. The van der Waals surface area contributed by atoms with Crippen molar-refractivity contribution in [2.45, 2.75) is 51.2 Å². The second-order valence-corrected chi connectivity index (χ2v) is 6.50. The van der Waals surface area contributed by atoms with Gasteiger partial charge in [0.05, 0.1) is 19.4 Å². The molecule has 2 aliphatic rings. The van der Waals surface area contributed by atoms with Gasteiger partial charge >= 0.3 is 5.97 Å². The van der Waals surface area contributed by atoms with Crippen molar-refractivity contribution in [3.63, 3.8) is 0 Å². The maximum absolute atomic E-state index is 11.0. The van der Waals surface area contributed by atoms with Gasteiger partial charge in [0, 0.05) is 18.6 Å². The molecule has 1 aromatic heterocycles. The van der Waals surface area contributed by atoms with Crippen LogP contribution < -0.4 is 5.32 Å². The van der Waals surface area contributed by atoms with E-state index in [1.807, 2.05) is 13.0 Å². The highest BCUT2D eigenvalue weighted by atomic mass is 16.4. The molecular weight excluding hydrogens is 268 g/mol. The highest BCUT2D eigenvalue weighted by molar-refractivity contribution is 5.69. The second-order valence-electron chi connectivity index (χ2n) is 6.50. The molecule has 0 spiro atoms.